The molecule has 0 unspecified atom stereocenters. The number of hydrogen-bond acceptors (Lipinski definition) is 4. The van der Waals surface area contributed by atoms with E-state index in [1.54, 1.807) is 0 Å². The van der Waals surface area contributed by atoms with Gasteiger partial charge in [0.25, 0.3) is 0 Å². The van der Waals surface area contributed by atoms with Gasteiger partial charge in [-0.3, -0.25) is 4.79 Å². The number of carbonyl (C=O) groups excluding carboxylic acids is 1. The third-order valence-electron chi connectivity index (χ3n) is 4.07. The fraction of sp³-hybridized carbons (Fsp3) is 0.600. The van der Waals surface area contributed by atoms with Crippen molar-refractivity contribution in [2.24, 2.45) is 5.92 Å². The number of rotatable bonds is 3. The van der Waals surface area contributed by atoms with E-state index in [2.05, 4.69) is 34.1 Å². The molecule has 5 nitrogen and oxygen atoms in total. The van der Waals surface area contributed by atoms with Crippen LogP contribution in [0.5, 0.6) is 0 Å². The highest BCUT2D eigenvalue weighted by molar-refractivity contribution is 5.93. The molecule has 0 bridgehead atoms. The van der Waals surface area contributed by atoms with Crippen molar-refractivity contribution in [1.82, 2.24) is 9.88 Å². The van der Waals surface area contributed by atoms with Crippen molar-refractivity contribution in [1.29, 1.82) is 0 Å². The Morgan fingerprint density at radius 3 is 2.60 bits per heavy atom. The van der Waals surface area contributed by atoms with Crippen LogP contribution in [0.4, 0.5) is 11.6 Å². The van der Waals surface area contributed by atoms with Crippen LogP contribution in [-0.4, -0.2) is 49.0 Å². The van der Waals surface area contributed by atoms with Crippen molar-refractivity contribution < 1.29 is 4.79 Å². The second kappa shape index (κ2) is 5.40. The summed E-state index contributed by atoms with van der Waals surface area (Å²) in [5.74, 6) is 2.02. The lowest BCUT2D eigenvalue weighted by Gasteiger charge is -2.34. The molecule has 5 heteroatoms. The number of nitrogens with one attached hydrogen (secondary N) is 1. The predicted octanol–water partition coefficient (Wildman–Crippen LogP) is 1.49. The van der Waals surface area contributed by atoms with Gasteiger partial charge in [0.1, 0.15) is 11.6 Å². The average Bonchev–Trinajstić information content (AvgIpc) is 3.26. The first-order chi connectivity index (χ1) is 9.63. The average molecular weight is 274 g/mol. The Morgan fingerprint density at radius 2 is 1.95 bits per heavy atom. The summed E-state index contributed by atoms with van der Waals surface area (Å²) in [6.45, 7) is 6.17. The number of anilines is 2. The zero-order chi connectivity index (χ0) is 14.1. The zero-order valence-electron chi connectivity index (χ0n) is 12.2. The standard InChI is InChI=1S/C15H22N4O/c1-11-3-6-13(17-15(20)12-4-5-12)16-14(11)19-9-7-18(2)8-10-19/h3,6,12H,4-5,7-10H2,1-2H3,(H,16,17,20). The van der Waals surface area contributed by atoms with Gasteiger partial charge in [-0.25, -0.2) is 4.98 Å². The molecule has 108 valence electrons. The maximum Gasteiger partial charge on any atom is 0.228 e. The smallest absolute Gasteiger partial charge is 0.228 e. The highest BCUT2D eigenvalue weighted by atomic mass is 16.2. The molecule has 1 aliphatic carbocycles. The minimum absolute atomic E-state index is 0.116. The monoisotopic (exact) mass is 274 g/mol. The van der Waals surface area contributed by atoms with Gasteiger partial charge in [-0.2, -0.15) is 0 Å². The molecule has 20 heavy (non-hydrogen) atoms. The summed E-state index contributed by atoms with van der Waals surface area (Å²) >= 11 is 0. The Kier molecular flexibility index (Phi) is 3.61. The SMILES string of the molecule is Cc1ccc(NC(=O)C2CC2)nc1N1CCN(C)CC1. The van der Waals surface area contributed by atoms with E-state index in [1.807, 2.05) is 12.1 Å². The number of aryl methyl sites for hydroxylation is 1. The number of likely N-dealkylation sites (N-methyl/N-ethyl adjacent to an activating group) is 1. The second-order valence-electron chi connectivity index (χ2n) is 5.89. The summed E-state index contributed by atoms with van der Waals surface area (Å²) in [7, 11) is 2.14. The van der Waals surface area contributed by atoms with Crippen molar-refractivity contribution in [2.45, 2.75) is 19.8 Å². The summed E-state index contributed by atoms with van der Waals surface area (Å²) in [5.41, 5.74) is 1.17. The van der Waals surface area contributed by atoms with Gasteiger partial charge in [0, 0.05) is 32.1 Å². The number of carbonyl (C=O) groups is 1. The predicted molar refractivity (Wildman–Crippen MR) is 80.0 cm³/mol. The summed E-state index contributed by atoms with van der Waals surface area (Å²) in [6, 6.07) is 3.94. The van der Waals surface area contributed by atoms with E-state index in [1.165, 1.54) is 5.56 Å². The molecule has 1 N–H and O–H groups in total. The molecule has 0 spiro atoms. The lowest BCUT2D eigenvalue weighted by atomic mass is 10.2. The van der Waals surface area contributed by atoms with E-state index in [0.29, 0.717) is 5.82 Å². The van der Waals surface area contributed by atoms with E-state index in [-0.39, 0.29) is 11.8 Å². The van der Waals surface area contributed by atoms with E-state index in [9.17, 15) is 4.79 Å². The molecular formula is C15H22N4O. The molecule has 2 heterocycles. The molecule has 1 saturated carbocycles. The largest absolute Gasteiger partial charge is 0.354 e. The number of aromatic nitrogens is 1. The molecule has 2 aliphatic rings. The molecule has 2 fully saturated rings. The minimum atomic E-state index is 0.116. The Labute approximate surface area is 120 Å². The Balaban J connectivity index is 1.74. The van der Waals surface area contributed by atoms with E-state index < -0.39 is 0 Å². The number of piperazine rings is 1. The van der Waals surface area contributed by atoms with Crippen LogP contribution in [0.3, 0.4) is 0 Å². The Bertz CT molecular complexity index is 505. The van der Waals surface area contributed by atoms with E-state index in [0.717, 1.165) is 44.8 Å². The van der Waals surface area contributed by atoms with Crippen molar-refractivity contribution in [3.63, 3.8) is 0 Å². The summed E-state index contributed by atoms with van der Waals surface area (Å²) in [6.07, 6.45) is 2.03. The highest BCUT2D eigenvalue weighted by Gasteiger charge is 2.30. The molecule has 1 amide bonds. The molecule has 1 aliphatic heterocycles. The number of nitrogens with zero attached hydrogens (tertiary/aromatic N) is 3. The fourth-order valence-corrected chi connectivity index (χ4v) is 2.50. The molecule has 0 aromatic carbocycles. The first-order valence-corrected chi connectivity index (χ1v) is 7.35. The fourth-order valence-electron chi connectivity index (χ4n) is 2.50. The molecule has 1 saturated heterocycles. The van der Waals surface area contributed by atoms with Crippen LogP contribution in [0.25, 0.3) is 0 Å². The lowest BCUT2D eigenvalue weighted by molar-refractivity contribution is -0.117. The van der Waals surface area contributed by atoms with Crippen LogP contribution in [0.2, 0.25) is 0 Å². The highest BCUT2D eigenvalue weighted by Crippen LogP contribution is 2.30. The van der Waals surface area contributed by atoms with E-state index in [4.69, 9.17) is 0 Å². The van der Waals surface area contributed by atoms with Gasteiger partial charge in [0.05, 0.1) is 0 Å². The van der Waals surface area contributed by atoms with Crippen LogP contribution in [0.15, 0.2) is 12.1 Å². The van der Waals surface area contributed by atoms with Crippen molar-refractivity contribution in [3.8, 4) is 0 Å². The van der Waals surface area contributed by atoms with Gasteiger partial charge in [0.15, 0.2) is 0 Å². The first-order valence-electron chi connectivity index (χ1n) is 7.35. The molecule has 3 rings (SSSR count). The van der Waals surface area contributed by atoms with Crippen LogP contribution < -0.4 is 10.2 Å². The Morgan fingerprint density at radius 1 is 1.25 bits per heavy atom. The van der Waals surface area contributed by atoms with Crippen LogP contribution >= 0.6 is 0 Å². The molecule has 1 aromatic rings. The van der Waals surface area contributed by atoms with Gasteiger partial charge in [-0.05, 0) is 38.4 Å². The maximum absolute atomic E-state index is 11.8. The number of hydrogen-bond donors (Lipinski definition) is 1. The topological polar surface area (TPSA) is 48.5 Å². The lowest BCUT2D eigenvalue weighted by Crippen LogP contribution is -2.45. The van der Waals surface area contributed by atoms with Crippen molar-refractivity contribution >= 4 is 17.5 Å². The summed E-state index contributed by atoms with van der Waals surface area (Å²) < 4.78 is 0. The maximum atomic E-state index is 11.8. The third kappa shape index (κ3) is 2.93. The molecular weight excluding hydrogens is 252 g/mol. The summed E-state index contributed by atoms with van der Waals surface area (Å²) in [4.78, 5) is 21.1. The molecule has 0 radical (unpaired) electrons. The summed E-state index contributed by atoms with van der Waals surface area (Å²) in [5, 5.41) is 2.93. The van der Waals surface area contributed by atoms with Crippen LogP contribution in [-0.2, 0) is 4.79 Å². The second-order valence-corrected chi connectivity index (χ2v) is 5.89. The third-order valence-corrected chi connectivity index (χ3v) is 4.07. The van der Waals surface area contributed by atoms with Gasteiger partial charge < -0.3 is 15.1 Å². The quantitative estimate of drug-likeness (QED) is 0.907. The normalized spacial score (nSPS) is 20.0. The van der Waals surface area contributed by atoms with Crippen molar-refractivity contribution in [2.75, 3.05) is 43.4 Å². The van der Waals surface area contributed by atoms with Crippen molar-refractivity contribution in [3.05, 3.63) is 17.7 Å². The number of amides is 1. The number of pyridine rings is 1. The zero-order valence-corrected chi connectivity index (χ0v) is 12.2. The van der Waals surface area contributed by atoms with Gasteiger partial charge in [-0.15, -0.1) is 0 Å². The Hall–Kier alpha value is -1.62. The van der Waals surface area contributed by atoms with Crippen LogP contribution in [0.1, 0.15) is 18.4 Å². The van der Waals surface area contributed by atoms with Crippen LogP contribution in [0, 0.1) is 12.8 Å². The van der Waals surface area contributed by atoms with Gasteiger partial charge >= 0.3 is 0 Å². The molecule has 1 aromatic heterocycles. The van der Waals surface area contributed by atoms with E-state index >= 15 is 0 Å². The van der Waals surface area contributed by atoms with Gasteiger partial charge in [0.2, 0.25) is 5.91 Å². The minimum Gasteiger partial charge on any atom is -0.354 e. The first kappa shape index (κ1) is 13.4. The molecule has 0 atom stereocenters. The van der Waals surface area contributed by atoms with Gasteiger partial charge in [-0.1, -0.05) is 6.07 Å².